The van der Waals surface area contributed by atoms with E-state index in [-0.39, 0.29) is 37.5 Å². The first-order valence-electron chi connectivity index (χ1n) is 28.0. The number of hydrogen-bond acceptors (Lipinski definition) is 6. The Balaban J connectivity index is 4.53. The van der Waals surface area contributed by atoms with E-state index in [1.165, 1.54) is 0 Å². The standard InChI is InChI=1S/C65H100O6/c1-4-7-10-13-16-19-22-25-28-29-30-31-32-33-34-35-38-40-43-46-49-52-55-58-64(67)70-61-62(71-65(68)59-56-53-50-47-44-41-37-27-24-21-18-15-12-9-6-3)60-69-63(66)57-54-51-48-45-42-39-36-26-23-20-17-14-11-8-5-2/h7-12,16-21,25-28,30-31,33-34,36-38,40,44,47,62H,4-6,13-15,22-24,29,32,35,39,41-43,45-46,48-61H2,1-3H3/b10-7-,11-8-,12-9-,19-16-,20-17-,21-18-,28-25-,31-30-,34-33-,36-26-,37-27-,40-38-,47-44-. The van der Waals surface area contributed by atoms with E-state index in [9.17, 15) is 14.4 Å². The number of esters is 3. The van der Waals surface area contributed by atoms with Crippen molar-refractivity contribution in [1.82, 2.24) is 0 Å². The molecule has 0 amide bonds. The van der Waals surface area contributed by atoms with Gasteiger partial charge < -0.3 is 14.2 Å². The lowest BCUT2D eigenvalue weighted by Gasteiger charge is -2.18. The molecular weight excluding hydrogens is 877 g/mol. The minimum atomic E-state index is -0.826. The molecule has 0 saturated carbocycles. The predicted molar refractivity (Wildman–Crippen MR) is 306 cm³/mol. The monoisotopic (exact) mass is 977 g/mol. The van der Waals surface area contributed by atoms with Gasteiger partial charge in [-0.25, -0.2) is 0 Å². The highest BCUT2D eigenvalue weighted by Crippen LogP contribution is 2.12. The lowest BCUT2D eigenvalue weighted by molar-refractivity contribution is -0.167. The van der Waals surface area contributed by atoms with Crippen molar-refractivity contribution in [1.29, 1.82) is 0 Å². The fourth-order valence-corrected chi connectivity index (χ4v) is 6.92. The van der Waals surface area contributed by atoms with Crippen molar-refractivity contribution in [2.75, 3.05) is 13.2 Å². The second-order valence-corrected chi connectivity index (χ2v) is 17.7. The first kappa shape index (κ1) is 66.0. The van der Waals surface area contributed by atoms with Gasteiger partial charge in [-0.05, 0) is 141 Å². The maximum absolute atomic E-state index is 12.8. The summed E-state index contributed by atoms with van der Waals surface area (Å²) in [5, 5.41) is 0. The summed E-state index contributed by atoms with van der Waals surface area (Å²) in [6, 6.07) is 0. The quantitative estimate of drug-likeness (QED) is 0.0262. The Morgan fingerprint density at radius 1 is 0.282 bits per heavy atom. The van der Waals surface area contributed by atoms with Gasteiger partial charge in [0.05, 0.1) is 0 Å². The molecule has 0 spiro atoms. The van der Waals surface area contributed by atoms with Crippen LogP contribution in [-0.4, -0.2) is 37.2 Å². The smallest absolute Gasteiger partial charge is 0.306 e. The third kappa shape index (κ3) is 55.8. The van der Waals surface area contributed by atoms with Gasteiger partial charge in [-0.1, -0.05) is 211 Å². The second-order valence-electron chi connectivity index (χ2n) is 17.7. The number of allylic oxidation sites excluding steroid dienone is 26. The highest BCUT2D eigenvalue weighted by molar-refractivity contribution is 5.71. The predicted octanol–water partition coefficient (Wildman–Crippen LogP) is 19.0. The molecule has 0 rings (SSSR count). The van der Waals surface area contributed by atoms with Crippen LogP contribution in [0.25, 0.3) is 0 Å². The summed E-state index contributed by atoms with van der Waals surface area (Å²) in [6.45, 7) is 6.20. The zero-order valence-corrected chi connectivity index (χ0v) is 45.2. The van der Waals surface area contributed by atoms with Crippen LogP contribution in [0, 0.1) is 0 Å². The molecule has 0 heterocycles. The van der Waals surface area contributed by atoms with E-state index in [4.69, 9.17) is 14.2 Å². The molecule has 396 valence electrons. The minimum absolute atomic E-state index is 0.120. The van der Waals surface area contributed by atoms with Gasteiger partial charge in [0.2, 0.25) is 0 Å². The Hall–Kier alpha value is -4.97. The number of hydrogen-bond donors (Lipinski definition) is 0. The average Bonchev–Trinajstić information content (AvgIpc) is 3.37. The van der Waals surface area contributed by atoms with E-state index in [0.29, 0.717) is 19.3 Å². The lowest BCUT2D eigenvalue weighted by atomic mass is 10.1. The topological polar surface area (TPSA) is 78.9 Å². The van der Waals surface area contributed by atoms with Crippen LogP contribution in [0.1, 0.15) is 213 Å². The molecule has 0 saturated heterocycles. The van der Waals surface area contributed by atoms with Gasteiger partial charge in [0.25, 0.3) is 0 Å². The first-order chi connectivity index (χ1) is 35.0. The molecule has 0 fully saturated rings. The van der Waals surface area contributed by atoms with Crippen LogP contribution < -0.4 is 0 Å². The Morgan fingerprint density at radius 3 is 0.817 bits per heavy atom. The third-order valence-electron chi connectivity index (χ3n) is 11.0. The van der Waals surface area contributed by atoms with Crippen LogP contribution in [0.2, 0.25) is 0 Å². The molecule has 1 unspecified atom stereocenters. The van der Waals surface area contributed by atoms with Crippen molar-refractivity contribution >= 4 is 17.9 Å². The summed E-state index contributed by atoms with van der Waals surface area (Å²) in [7, 11) is 0. The summed E-state index contributed by atoms with van der Waals surface area (Å²) in [4.78, 5) is 38.1. The van der Waals surface area contributed by atoms with Crippen LogP contribution in [0.3, 0.4) is 0 Å². The average molecular weight is 978 g/mol. The van der Waals surface area contributed by atoms with Crippen molar-refractivity contribution in [3.63, 3.8) is 0 Å². The zero-order chi connectivity index (χ0) is 51.4. The Labute approximate surface area is 435 Å². The summed E-state index contributed by atoms with van der Waals surface area (Å²) in [5.74, 6) is -1.01. The Kier molecular flexibility index (Phi) is 53.6. The third-order valence-corrected chi connectivity index (χ3v) is 11.0. The van der Waals surface area contributed by atoms with Gasteiger partial charge in [0, 0.05) is 19.3 Å². The summed E-state index contributed by atoms with van der Waals surface area (Å²) in [5.41, 5.74) is 0. The van der Waals surface area contributed by atoms with Crippen LogP contribution >= 0.6 is 0 Å². The molecular formula is C65H100O6. The fraction of sp³-hybridized carbons (Fsp3) is 0.554. The summed E-state index contributed by atoms with van der Waals surface area (Å²) in [6.07, 6.45) is 83.7. The van der Waals surface area contributed by atoms with E-state index < -0.39 is 6.10 Å². The van der Waals surface area contributed by atoms with Crippen LogP contribution in [-0.2, 0) is 28.6 Å². The van der Waals surface area contributed by atoms with Gasteiger partial charge in [-0.15, -0.1) is 0 Å². The molecule has 0 aromatic carbocycles. The molecule has 0 aromatic heterocycles. The summed E-state index contributed by atoms with van der Waals surface area (Å²) < 4.78 is 16.8. The molecule has 6 nitrogen and oxygen atoms in total. The number of ether oxygens (including phenoxy) is 3. The molecule has 71 heavy (non-hydrogen) atoms. The molecule has 6 heteroatoms. The van der Waals surface area contributed by atoms with E-state index in [2.05, 4.69) is 179 Å². The number of carbonyl (C=O) groups excluding carboxylic acids is 3. The van der Waals surface area contributed by atoms with E-state index >= 15 is 0 Å². The van der Waals surface area contributed by atoms with E-state index in [1.54, 1.807) is 0 Å². The van der Waals surface area contributed by atoms with Gasteiger partial charge in [-0.3, -0.25) is 14.4 Å². The van der Waals surface area contributed by atoms with Crippen LogP contribution in [0.15, 0.2) is 158 Å². The van der Waals surface area contributed by atoms with Crippen molar-refractivity contribution in [2.24, 2.45) is 0 Å². The Morgan fingerprint density at radius 2 is 0.507 bits per heavy atom. The molecule has 0 radical (unpaired) electrons. The second kappa shape index (κ2) is 57.6. The number of rotatable bonds is 48. The van der Waals surface area contributed by atoms with Crippen molar-refractivity contribution in [2.45, 2.75) is 219 Å². The highest BCUT2D eigenvalue weighted by atomic mass is 16.6. The molecule has 0 aromatic rings. The molecule has 0 aliphatic heterocycles. The normalized spacial score (nSPS) is 13.3. The minimum Gasteiger partial charge on any atom is -0.462 e. The van der Waals surface area contributed by atoms with Crippen LogP contribution in [0.4, 0.5) is 0 Å². The van der Waals surface area contributed by atoms with Gasteiger partial charge in [-0.2, -0.15) is 0 Å². The van der Waals surface area contributed by atoms with E-state index in [1.807, 2.05) is 0 Å². The zero-order valence-electron chi connectivity index (χ0n) is 45.2. The lowest BCUT2D eigenvalue weighted by Crippen LogP contribution is -2.30. The fourth-order valence-electron chi connectivity index (χ4n) is 6.92. The van der Waals surface area contributed by atoms with Gasteiger partial charge >= 0.3 is 17.9 Å². The first-order valence-corrected chi connectivity index (χ1v) is 28.0. The summed E-state index contributed by atoms with van der Waals surface area (Å²) >= 11 is 0. The van der Waals surface area contributed by atoms with Gasteiger partial charge in [0.15, 0.2) is 6.10 Å². The maximum Gasteiger partial charge on any atom is 0.306 e. The van der Waals surface area contributed by atoms with Crippen LogP contribution in [0.5, 0.6) is 0 Å². The SMILES string of the molecule is CC/C=C\C/C=C\C/C=C\C/C=C\C/C=C\C/C=C\CCCCCCC(=O)OCC(COC(=O)CCCCCCC/C=C\C/C=C\C/C=C\CC)OC(=O)CCCC/C=C\C/C=C\C/C=C\C/C=C\CC. The molecule has 0 aliphatic rings. The molecule has 0 N–H and O–H groups in total. The highest BCUT2D eigenvalue weighted by Gasteiger charge is 2.19. The molecule has 0 bridgehead atoms. The molecule has 1 atom stereocenters. The largest absolute Gasteiger partial charge is 0.462 e. The maximum atomic E-state index is 12.8. The number of unbranched alkanes of at least 4 members (excludes halogenated alkanes) is 11. The van der Waals surface area contributed by atoms with Crippen molar-refractivity contribution in [3.05, 3.63) is 158 Å². The van der Waals surface area contributed by atoms with Crippen molar-refractivity contribution in [3.8, 4) is 0 Å². The molecule has 0 aliphatic carbocycles. The van der Waals surface area contributed by atoms with Gasteiger partial charge in [0.1, 0.15) is 13.2 Å². The number of carbonyl (C=O) groups is 3. The van der Waals surface area contributed by atoms with E-state index in [0.717, 1.165) is 167 Å². The van der Waals surface area contributed by atoms with Crippen molar-refractivity contribution < 1.29 is 28.6 Å². The Bertz CT molecular complexity index is 1640.